The van der Waals surface area contributed by atoms with E-state index in [9.17, 15) is 4.79 Å². The third kappa shape index (κ3) is 4.47. The van der Waals surface area contributed by atoms with E-state index < -0.39 is 0 Å². The van der Waals surface area contributed by atoms with Crippen LogP contribution in [0.15, 0.2) is 24.3 Å². The first-order valence-corrected chi connectivity index (χ1v) is 5.87. The third-order valence-electron chi connectivity index (χ3n) is 2.66. The SMILES string of the molecule is Cc1ccc(CC(CC(C)C)NC=O)cc1. The molecule has 1 unspecified atom stereocenters. The largest absolute Gasteiger partial charge is 0.356 e. The van der Waals surface area contributed by atoms with Crippen molar-refractivity contribution in [3.8, 4) is 0 Å². The van der Waals surface area contributed by atoms with Crippen molar-refractivity contribution in [2.45, 2.75) is 39.7 Å². The summed E-state index contributed by atoms with van der Waals surface area (Å²) in [5, 5.41) is 2.90. The molecule has 16 heavy (non-hydrogen) atoms. The molecule has 2 heteroatoms. The number of rotatable bonds is 6. The molecule has 0 radical (unpaired) electrons. The summed E-state index contributed by atoms with van der Waals surface area (Å²) in [6, 6.07) is 8.75. The van der Waals surface area contributed by atoms with Crippen molar-refractivity contribution in [3.05, 3.63) is 35.4 Å². The predicted octanol–water partition coefficient (Wildman–Crippen LogP) is 2.70. The molecule has 0 fully saturated rings. The van der Waals surface area contributed by atoms with Crippen LogP contribution in [-0.4, -0.2) is 12.5 Å². The van der Waals surface area contributed by atoms with Crippen LogP contribution in [0.2, 0.25) is 0 Å². The lowest BCUT2D eigenvalue weighted by molar-refractivity contribution is -0.110. The number of amides is 1. The van der Waals surface area contributed by atoms with Gasteiger partial charge in [-0.15, -0.1) is 0 Å². The molecule has 1 aromatic carbocycles. The van der Waals surface area contributed by atoms with Crippen LogP contribution < -0.4 is 5.32 Å². The first-order chi connectivity index (χ1) is 7.61. The van der Waals surface area contributed by atoms with E-state index in [2.05, 4.69) is 50.4 Å². The van der Waals surface area contributed by atoms with E-state index in [1.165, 1.54) is 11.1 Å². The van der Waals surface area contributed by atoms with Gasteiger partial charge in [0, 0.05) is 6.04 Å². The summed E-state index contributed by atoms with van der Waals surface area (Å²) in [4.78, 5) is 10.5. The highest BCUT2D eigenvalue weighted by Crippen LogP contribution is 2.11. The maximum Gasteiger partial charge on any atom is 0.207 e. The Morgan fingerprint density at radius 2 is 1.88 bits per heavy atom. The van der Waals surface area contributed by atoms with Gasteiger partial charge in [-0.1, -0.05) is 43.7 Å². The molecule has 1 N–H and O–H groups in total. The van der Waals surface area contributed by atoms with Crippen molar-refractivity contribution in [1.29, 1.82) is 0 Å². The van der Waals surface area contributed by atoms with Crippen LogP contribution in [0.3, 0.4) is 0 Å². The van der Waals surface area contributed by atoms with Crippen LogP contribution in [0.25, 0.3) is 0 Å². The molecule has 0 spiro atoms. The zero-order valence-electron chi connectivity index (χ0n) is 10.4. The molecule has 1 atom stereocenters. The van der Waals surface area contributed by atoms with Crippen molar-refractivity contribution >= 4 is 6.41 Å². The van der Waals surface area contributed by atoms with E-state index in [4.69, 9.17) is 0 Å². The summed E-state index contributed by atoms with van der Waals surface area (Å²) in [6.07, 6.45) is 2.74. The summed E-state index contributed by atoms with van der Waals surface area (Å²) < 4.78 is 0. The molecule has 1 amide bonds. The smallest absolute Gasteiger partial charge is 0.207 e. The van der Waals surface area contributed by atoms with Crippen molar-refractivity contribution < 1.29 is 4.79 Å². The number of hydrogen-bond acceptors (Lipinski definition) is 1. The van der Waals surface area contributed by atoms with Crippen LogP contribution >= 0.6 is 0 Å². The minimum Gasteiger partial charge on any atom is -0.356 e. The second kappa shape index (κ2) is 6.31. The molecule has 1 rings (SSSR count). The van der Waals surface area contributed by atoms with E-state index in [0.717, 1.165) is 19.3 Å². The van der Waals surface area contributed by atoms with E-state index in [1.54, 1.807) is 0 Å². The highest BCUT2D eigenvalue weighted by molar-refractivity contribution is 5.46. The minimum atomic E-state index is 0.250. The Bertz CT molecular complexity index is 316. The van der Waals surface area contributed by atoms with Crippen molar-refractivity contribution in [2.75, 3.05) is 0 Å². The molecular formula is C14H21NO. The zero-order chi connectivity index (χ0) is 12.0. The molecular weight excluding hydrogens is 198 g/mol. The molecule has 0 aliphatic heterocycles. The fourth-order valence-corrected chi connectivity index (χ4v) is 1.88. The number of aryl methyl sites for hydroxylation is 1. The minimum absolute atomic E-state index is 0.250. The molecule has 0 aliphatic rings. The molecule has 1 aromatic rings. The second-order valence-corrected chi connectivity index (χ2v) is 4.80. The van der Waals surface area contributed by atoms with E-state index >= 15 is 0 Å². The quantitative estimate of drug-likeness (QED) is 0.732. The van der Waals surface area contributed by atoms with Crippen LogP contribution in [0.5, 0.6) is 0 Å². The zero-order valence-corrected chi connectivity index (χ0v) is 10.4. The lowest BCUT2D eigenvalue weighted by Gasteiger charge is -2.18. The highest BCUT2D eigenvalue weighted by Gasteiger charge is 2.10. The Morgan fingerprint density at radius 3 is 2.38 bits per heavy atom. The number of carbonyl (C=O) groups is 1. The van der Waals surface area contributed by atoms with Crippen molar-refractivity contribution in [2.24, 2.45) is 5.92 Å². The standard InChI is InChI=1S/C14H21NO/c1-11(2)8-14(15-10-16)9-13-6-4-12(3)5-7-13/h4-7,10-11,14H,8-9H2,1-3H3,(H,15,16). The van der Waals surface area contributed by atoms with Gasteiger partial charge in [0.1, 0.15) is 0 Å². The maximum absolute atomic E-state index is 10.5. The lowest BCUT2D eigenvalue weighted by Crippen LogP contribution is -2.31. The van der Waals surface area contributed by atoms with E-state index in [1.807, 2.05) is 0 Å². The normalized spacial score (nSPS) is 12.5. The average molecular weight is 219 g/mol. The van der Waals surface area contributed by atoms with Gasteiger partial charge in [-0.25, -0.2) is 0 Å². The Kier molecular flexibility index (Phi) is 5.03. The summed E-state index contributed by atoms with van der Waals surface area (Å²) in [7, 11) is 0. The van der Waals surface area contributed by atoms with Gasteiger partial charge in [0.2, 0.25) is 6.41 Å². The van der Waals surface area contributed by atoms with Crippen LogP contribution in [0.4, 0.5) is 0 Å². The second-order valence-electron chi connectivity index (χ2n) is 4.80. The highest BCUT2D eigenvalue weighted by atomic mass is 16.1. The number of benzene rings is 1. The molecule has 2 nitrogen and oxygen atoms in total. The maximum atomic E-state index is 10.5. The first-order valence-electron chi connectivity index (χ1n) is 5.87. The lowest BCUT2D eigenvalue weighted by atomic mass is 9.97. The van der Waals surface area contributed by atoms with Gasteiger partial charge < -0.3 is 5.32 Å². The van der Waals surface area contributed by atoms with E-state index in [-0.39, 0.29) is 6.04 Å². The topological polar surface area (TPSA) is 29.1 Å². The monoisotopic (exact) mass is 219 g/mol. The summed E-state index contributed by atoms with van der Waals surface area (Å²) in [6.45, 7) is 6.43. The van der Waals surface area contributed by atoms with Crippen LogP contribution in [0, 0.1) is 12.8 Å². The number of hydrogen-bond donors (Lipinski definition) is 1. The fourth-order valence-electron chi connectivity index (χ4n) is 1.88. The number of nitrogens with one attached hydrogen (secondary N) is 1. The molecule has 0 aromatic heterocycles. The summed E-state index contributed by atoms with van der Waals surface area (Å²) in [5.41, 5.74) is 2.55. The van der Waals surface area contributed by atoms with Gasteiger partial charge in [-0.2, -0.15) is 0 Å². The van der Waals surface area contributed by atoms with Crippen molar-refractivity contribution in [1.82, 2.24) is 5.32 Å². The van der Waals surface area contributed by atoms with Gasteiger partial charge in [0.15, 0.2) is 0 Å². The Hall–Kier alpha value is -1.31. The third-order valence-corrected chi connectivity index (χ3v) is 2.66. The van der Waals surface area contributed by atoms with Gasteiger partial charge in [-0.05, 0) is 31.2 Å². The Balaban J connectivity index is 2.59. The molecule has 0 bridgehead atoms. The molecule has 0 saturated carbocycles. The molecule has 0 saturated heterocycles. The Labute approximate surface area is 98.1 Å². The van der Waals surface area contributed by atoms with Gasteiger partial charge in [0.25, 0.3) is 0 Å². The van der Waals surface area contributed by atoms with E-state index in [0.29, 0.717) is 5.92 Å². The van der Waals surface area contributed by atoms with Crippen LogP contribution in [-0.2, 0) is 11.2 Å². The molecule has 88 valence electrons. The van der Waals surface area contributed by atoms with Gasteiger partial charge >= 0.3 is 0 Å². The molecule has 0 heterocycles. The molecule has 0 aliphatic carbocycles. The van der Waals surface area contributed by atoms with Crippen LogP contribution in [0.1, 0.15) is 31.4 Å². The predicted molar refractivity (Wildman–Crippen MR) is 67.3 cm³/mol. The first kappa shape index (κ1) is 12.8. The van der Waals surface area contributed by atoms with Gasteiger partial charge in [-0.3, -0.25) is 4.79 Å². The number of carbonyl (C=O) groups excluding carboxylic acids is 1. The Morgan fingerprint density at radius 1 is 1.25 bits per heavy atom. The van der Waals surface area contributed by atoms with Crippen molar-refractivity contribution in [3.63, 3.8) is 0 Å². The fraction of sp³-hybridized carbons (Fsp3) is 0.500. The summed E-state index contributed by atoms with van der Waals surface area (Å²) >= 11 is 0. The van der Waals surface area contributed by atoms with Gasteiger partial charge in [0.05, 0.1) is 0 Å². The average Bonchev–Trinajstić information content (AvgIpc) is 2.21. The summed E-state index contributed by atoms with van der Waals surface area (Å²) in [5.74, 6) is 0.600.